The summed E-state index contributed by atoms with van der Waals surface area (Å²) in [6, 6.07) is 5.75. The Kier molecular flexibility index (Phi) is 4.08. The summed E-state index contributed by atoms with van der Waals surface area (Å²) in [5.41, 5.74) is 5.08. The summed E-state index contributed by atoms with van der Waals surface area (Å²) in [5, 5.41) is 12.6. The number of hydrogen-bond acceptors (Lipinski definition) is 2. The van der Waals surface area contributed by atoms with Crippen LogP contribution in [0.15, 0.2) is 41.5 Å². The maximum atomic E-state index is 12.9. The molecule has 1 aromatic carbocycles. The van der Waals surface area contributed by atoms with E-state index in [1.807, 2.05) is 58.0 Å². The van der Waals surface area contributed by atoms with Gasteiger partial charge in [-0.3, -0.25) is 9.59 Å². The molecule has 3 rings (SSSR count). The van der Waals surface area contributed by atoms with E-state index >= 15 is 0 Å². The van der Waals surface area contributed by atoms with Gasteiger partial charge in [-0.2, -0.15) is 0 Å². The van der Waals surface area contributed by atoms with E-state index in [1.165, 1.54) is 0 Å². The molecule has 4 heteroatoms. The average Bonchev–Trinajstić information content (AvgIpc) is 3.07. The van der Waals surface area contributed by atoms with Crippen LogP contribution in [-0.4, -0.2) is 17.0 Å². The molecule has 126 valence electrons. The third kappa shape index (κ3) is 2.46. The van der Waals surface area contributed by atoms with E-state index in [-0.39, 0.29) is 17.7 Å². The van der Waals surface area contributed by atoms with Gasteiger partial charge in [-0.05, 0) is 44.9 Å². The standard InChI is InChI=1S/C20H23NO3/c1-10(2)16-13-8-9-14(16)18(20(23)24)17(13)19(22)21-15-7-5-6-11(3)12(15)4/h5-9,13-14,17-18H,1-4H3,(H,21,22)(H,23,24)/t13-,14-,17+,18-/m1/s1. The zero-order valence-electron chi connectivity index (χ0n) is 14.5. The van der Waals surface area contributed by atoms with E-state index in [0.717, 1.165) is 28.0 Å². The van der Waals surface area contributed by atoms with Crippen LogP contribution in [0, 0.1) is 37.5 Å². The number of hydrogen-bond donors (Lipinski definition) is 2. The van der Waals surface area contributed by atoms with Gasteiger partial charge < -0.3 is 10.4 Å². The lowest BCUT2D eigenvalue weighted by Gasteiger charge is -2.24. The second-order valence-corrected chi connectivity index (χ2v) is 7.02. The van der Waals surface area contributed by atoms with Crippen molar-refractivity contribution in [2.75, 3.05) is 5.32 Å². The van der Waals surface area contributed by atoms with Gasteiger partial charge in [0.2, 0.25) is 5.91 Å². The predicted molar refractivity (Wildman–Crippen MR) is 93.7 cm³/mol. The van der Waals surface area contributed by atoms with Gasteiger partial charge in [-0.1, -0.05) is 35.4 Å². The summed E-state index contributed by atoms with van der Waals surface area (Å²) in [4.78, 5) is 24.7. The molecule has 2 N–H and O–H groups in total. The van der Waals surface area contributed by atoms with Crippen molar-refractivity contribution in [3.63, 3.8) is 0 Å². The number of benzene rings is 1. The predicted octanol–water partition coefficient (Wildman–Crippen LogP) is 3.71. The number of carbonyl (C=O) groups is 2. The van der Waals surface area contributed by atoms with Gasteiger partial charge in [-0.25, -0.2) is 0 Å². The molecule has 0 aliphatic heterocycles. The van der Waals surface area contributed by atoms with Gasteiger partial charge in [0, 0.05) is 17.5 Å². The number of aliphatic carboxylic acids is 1. The van der Waals surface area contributed by atoms with Crippen LogP contribution in [0.2, 0.25) is 0 Å². The van der Waals surface area contributed by atoms with Crippen LogP contribution >= 0.6 is 0 Å². The molecule has 0 aromatic heterocycles. The number of carboxylic acids is 1. The van der Waals surface area contributed by atoms with E-state index in [0.29, 0.717) is 0 Å². The molecule has 24 heavy (non-hydrogen) atoms. The normalized spacial score (nSPS) is 27.4. The molecule has 4 nitrogen and oxygen atoms in total. The summed E-state index contributed by atoms with van der Waals surface area (Å²) < 4.78 is 0. The van der Waals surface area contributed by atoms with E-state index in [1.54, 1.807) is 0 Å². The molecule has 0 unspecified atom stereocenters. The zero-order valence-corrected chi connectivity index (χ0v) is 14.5. The minimum atomic E-state index is -0.897. The fraction of sp³-hybridized carbons (Fsp3) is 0.400. The van der Waals surface area contributed by atoms with Crippen molar-refractivity contribution in [2.45, 2.75) is 27.7 Å². The molecule has 2 aliphatic rings. The van der Waals surface area contributed by atoms with Crippen LogP contribution in [-0.2, 0) is 9.59 Å². The number of aryl methyl sites for hydroxylation is 1. The first-order chi connectivity index (χ1) is 11.3. The van der Waals surface area contributed by atoms with Crippen molar-refractivity contribution in [3.8, 4) is 0 Å². The van der Waals surface area contributed by atoms with E-state index in [4.69, 9.17) is 0 Å². The van der Waals surface area contributed by atoms with E-state index in [9.17, 15) is 14.7 Å². The van der Waals surface area contributed by atoms with Crippen molar-refractivity contribution in [1.29, 1.82) is 0 Å². The smallest absolute Gasteiger partial charge is 0.308 e. The molecule has 1 aromatic rings. The number of anilines is 1. The molecule has 4 atom stereocenters. The van der Waals surface area contributed by atoms with Crippen LogP contribution < -0.4 is 5.32 Å². The number of nitrogens with one attached hydrogen (secondary N) is 1. The highest BCUT2D eigenvalue weighted by atomic mass is 16.4. The minimum Gasteiger partial charge on any atom is -0.481 e. The Bertz CT molecular complexity index is 771. The van der Waals surface area contributed by atoms with Crippen LogP contribution in [0.5, 0.6) is 0 Å². The summed E-state index contributed by atoms with van der Waals surface area (Å²) in [5.74, 6) is -2.60. The summed E-state index contributed by atoms with van der Waals surface area (Å²) >= 11 is 0. The molecule has 0 radical (unpaired) electrons. The monoisotopic (exact) mass is 325 g/mol. The lowest BCUT2D eigenvalue weighted by atomic mass is 9.82. The number of carboxylic acid groups (broad SMARTS) is 1. The molecule has 0 saturated heterocycles. The Morgan fingerprint density at radius 3 is 2.25 bits per heavy atom. The minimum absolute atomic E-state index is 0.105. The van der Waals surface area contributed by atoms with Gasteiger partial charge in [-0.15, -0.1) is 0 Å². The Morgan fingerprint density at radius 1 is 1.04 bits per heavy atom. The SMILES string of the molecule is CC(C)=C1[C@H]2C=C[C@H]1[C@@H](C(=O)O)[C@H]2C(=O)Nc1cccc(C)c1C. The third-order valence-corrected chi connectivity index (χ3v) is 5.43. The molecule has 1 saturated carbocycles. The van der Waals surface area contributed by atoms with Crippen molar-refractivity contribution in [3.05, 3.63) is 52.6 Å². The maximum absolute atomic E-state index is 12.9. The molecule has 0 spiro atoms. The summed E-state index contributed by atoms with van der Waals surface area (Å²) in [7, 11) is 0. The second kappa shape index (κ2) is 5.93. The average molecular weight is 325 g/mol. The van der Waals surface area contributed by atoms with Crippen molar-refractivity contribution in [1.82, 2.24) is 0 Å². The van der Waals surface area contributed by atoms with Crippen LogP contribution in [0.3, 0.4) is 0 Å². The first-order valence-electron chi connectivity index (χ1n) is 8.28. The molecule has 0 heterocycles. The topological polar surface area (TPSA) is 66.4 Å². The van der Waals surface area contributed by atoms with Crippen LogP contribution in [0.25, 0.3) is 0 Å². The highest BCUT2D eigenvalue weighted by Crippen LogP contribution is 2.53. The van der Waals surface area contributed by atoms with Gasteiger partial charge in [0.15, 0.2) is 0 Å². The number of carbonyl (C=O) groups excluding carboxylic acids is 1. The van der Waals surface area contributed by atoms with Crippen LogP contribution in [0.4, 0.5) is 5.69 Å². The maximum Gasteiger partial charge on any atom is 0.308 e. The van der Waals surface area contributed by atoms with Crippen LogP contribution in [0.1, 0.15) is 25.0 Å². The summed E-state index contributed by atoms with van der Waals surface area (Å²) in [6.07, 6.45) is 3.95. The Morgan fingerprint density at radius 2 is 1.67 bits per heavy atom. The fourth-order valence-electron chi connectivity index (χ4n) is 4.14. The molecule has 2 bridgehead atoms. The molecular formula is C20H23NO3. The summed E-state index contributed by atoms with van der Waals surface area (Å²) in [6.45, 7) is 7.94. The zero-order chi connectivity index (χ0) is 17.6. The highest BCUT2D eigenvalue weighted by Gasteiger charge is 2.54. The number of amides is 1. The number of fused-ring (bicyclic) bond motifs is 2. The first-order valence-corrected chi connectivity index (χ1v) is 8.28. The van der Waals surface area contributed by atoms with E-state index in [2.05, 4.69) is 5.32 Å². The van der Waals surface area contributed by atoms with Gasteiger partial charge in [0.25, 0.3) is 0 Å². The van der Waals surface area contributed by atoms with E-state index < -0.39 is 17.8 Å². The Labute approximate surface area is 142 Å². The Balaban J connectivity index is 1.94. The lowest BCUT2D eigenvalue weighted by Crippen LogP contribution is -2.36. The highest BCUT2D eigenvalue weighted by molar-refractivity contribution is 5.97. The molecular weight excluding hydrogens is 302 g/mol. The Hall–Kier alpha value is -2.36. The first kappa shape index (κ1) is 16.5. The number of rotatable bonds is 3. The van der Waals surface area contributed by atoms with Gasteiger partial charge in [0.05, 0.1) is 11.8 Å². The fourth-order valence-corrected chi connectivity index (χ4v) is 4.14. The van der Waals surface area contributed by atoms with Crippen molar-refractivity contribution >= 4 is 17.6 Å². The quantitative estimate of drug-likeness (QED) is 0.833. The lowest BCUT2D eigenvalue weighted by molar-refractivity contribution is -0.146. The molecule has 1 fully saturated rings. The number of allylic oxidation sites excluding steroid dienone is 4. The van der Waals surface area contributed by atoms with Gasteiger partial charge >= 0.3 is 5.97 Å². The molecule has 2 aliphatic carbocycles. The largest absolute Gasteiger partial charge is 0.481 e. The van der Waals surface area contributed by atoms with Gasteiger partial charge in [0.1, 0.15) is 0 Å². The van der Waals surface area contributed by atoms with Crippen molar-refractivity contribution < 1.29 is 14.7 Å². The molecule has 1 amide bonds. The third-order valence-electron chi connectivity index (χ3n) is 5.43. The van der Waals surface area contributed by atoms with Crippen molar-refractivity contribution in [2.24, 2.45) is 23.7 Å². The second-order valence-electron chi connectivity index (χ2n) is 7.02.